The summed E-state index contributed by atoms with van der Waals surface area (Å²) in [4.78, 5) is 4.24. The number of nitrogens with one attached hydrogen (secondary N) is 2. The summed E-state index contributed by atoms with van der Waals surface area (Å²) in [5, 5.41) is 11.3. The number of fused-ring (bicyclic) bond motifs is 1. The molecular weight excluding hydrogens is 312 g/mol. The number of aromatic nitrogens is 4. The number of hydrogen-bond donors (Lipinski definition) is 2. The summed E-state index contributed by atoms with van der Waals surface area (Å²) in [6.07, 6.45) is 1.64. The Balaban J connectivity index is 2.13. The molecule has 0 aliphatic carbocycles. The van der Waals surface area contributed by atoms with Crippen molar-refractivity contribution in [1.29, 1.82) is 0 Å². The van der Waals surface area contributed by atoms with Crippen LogP contribution >= 0.6 is 11.3 Å². The van der Waals surface area contributed by atoms with Crippen molar-refractivity contribution in [3.63, 3.8) is 0 Å². The van der Waals surface area contributed by atoms with E-state index in [2.05, 4.69) is 25.2 Å². The highest BCUT2D eigenvalue weighted by Gasteiger charge is 2.26. The predicted octanol–water partition coefficient (Wildman–Crippen LogP) is 1.34. The molecule has 8 nitrogen and oxygen atoms in total. The molecule has 0 spiro atoms. The highest BCUT2D eigenvalue weighted by atomic mass is 32.2. The van der Waals surface area contributed by atoms with Crippen LogP contribution in [0.25, 0.3) is 5.65 Å². The highest BCUT2D eigenvalue weighted by molar-refractivity contribution is 7.93. The molecule has 110 valence electrons. The lowest BCUT2D eigenvalue weighted by Gasteiger charge is -2.06. The lowest BCUT2D eigenvalue weighted by molar-refractivity contribution is 0.597. The molecule has 0 amide bonds. The SMILES string of the molecule is CNc1nc2ccccn2c1S(=O)(=O)Nc1nnc(C)s1. The molecular formula is C11H12N6O2S2. The first-order valence-corrected chi connectivity index (χ1v) is 8.29. The summed E-state index contributed by atoms with van der Waals surface area (Å²) in [6, 6.07) is 5.26. The van der Waals surface area contributed by atoms with Crippen molar-refractivity contribution in [3.05, 3.63) is 29.4 Å². The minimum Gasteiger partial charge on any atom is -0.371 e. The summed E-state index contributed by atoms with van der Waals surface area (Å²) < 4.78 is 29.1. The molecule has 0 bridgehead atoms. The maximum atomic E-state index is 12.6. The van der Waals surface area contributed by atoms with Gasteiger partial charge in [0.1, 0.15) is 10.7 Å². The number of rotatable bonds is 4. The molecule has 2 N–H and O–H groups in total. The number of hydrogen-bond acceptors (Lipinski definition) is 7. The zero-order valence-corrected chi connectivity index (χ0v) is 12.9. The summed E-state index contributed by atoms with van der Waals surface area (Å²) in [5.74, 6) is 0.273. The summed E-state index contributed by atoms with van der Waals surface area (Å²) in [7, 11) is -2.21. The molecule has 3 rings (SSSR count). The van der Waals surface area contributed by atoms with Crippen molar-refractivity contribution in [2.24, 2.45) is 0 Å². The Hall–Kier alpha value is -2.20. The average Bonchev–Trinajstić information content (AvgIpc) is 3.01. The standard InChI is InChI=1S/C11H12N6O2S2/c1-7-14-15-11(20-7)16-21(18,19)10-9(12-2)13-8-5-3-4-6-17(8)10/h3-6,12H,1-2H3,(H,15,16). The second kappa shape index (κ2) is 4.97. The lowest BCUT2D eigenvalue weighted by Crippen LogP contribution is -2.16. The largest absolute Gasteiger partial charge is 0.371 e. The molecule has 0 fully saturated rings. The zero-order chi connectivity index (χ0) is 15.0. The Morgan fingerprint density at radius 1 is 1.29 bits per heavy atom. The van der Waals surface area contributed by atoms with Crippen LogP contribution in [0.15, 0.2) is 29.4 Å². The first kappa shape index (κ1) is 13.8. The Morgan fingerprint density at radius 3 is 2.76 bits per heavy atom. The molecule has 0 radical (unpaired) electrons. The maximum Gasteiger partial charge on any atom is 0.283 e. The van der Waals surface area contributed by atoms with Crippen molar-refractivity contribution in [1.82, 2.24) is 19.6 Å². The number of imidazole rings is 1. The Morgan fingerprint density at radius 2 is 2.10 bits per heavy atom. The van der Waals surface area contributed by atoms with Crippen LogP contribution in [-0.4, -0.2) is 35.0 Å². The number of anilines is 2. The third-order valence-corrected chi connectivity index (χ3v) is 4.97. The van der Waals surface area contributed by atoms with E-state index < -0.39 is 10.0 Å². The number of aryl methyl sites for hydroxylation is 1. The number of nitrogens with zero attached hydrogens (tertiary/aromatic N) is 4. The fourth-order valence-corrected chi connectivity index (χ4v) is 4.02. The van der Waals surface area contributed by atoms with Gasteiger partial charge in [-0.05, 0) is 19.1 Å². The van der Waals surface area contributed by atoms with Crippen LogP contribution in [0.2, 0.25) is 0 Å². The first-order chi connectivity index (χ1) is 10.0. The van der Waals surface area contributed by atoms with Crippen LogP contribution in [0.4, 0.5) is 10.9 Å². The minimum atomic E-state index is -3.83. The fourth-order valence-electron chi connectivity index (χ4n) is 1.89. The smallest absolute Gasteiger partial charge is 0.283 e. The van der Waals surface area contributed by atoms with E-state index in [1.54, 1.807) is 38.4 Å². The van der Waals surface area contributed by atoms with Crippen LogP contribution in [0.5, 0.6) is 0 Å². The molecule has 3 heterocycles. The van der Waals surface area contributed by atoms with Crippen LogP contribution < -0.4 is 10.0 Å². The number of pyridine rings is 1. The van der Waals surface area contributed by atoms with Gasteiger partial charge in [0.15, 0.2) is 5.82 Å². The van der Waals surface area contributed by atoms with E-state index in [0.717, 1.165) is 0 Å². The van der Waals surface area contributed by atoms with Gasteiger partial charge in [0, 0.05) is 13.2 Å². The van der Waals surface area contributed by atoms with Crippen molar-refractivity contribution in [2.45, 2.75) is 11.9 Å². The van der Waals surface area contributed by atoms with E-state index in [0.29, 0.717) is 10.7 Å². The van der Waals surface area contributed by atoms with Crippen LogP contribution in [-0.2, 0) is 10.0 Å². The Kier molecular flexibility index (Phi) is 3.26. The second-order valence-corrected chi connectivity index (χ2v) is 6.96. The molecule has 0 saturated carbocycles. The molecule has 0 atom stereocenters. The molecule has 0 unspecified atom stereocenters. The molecule has 3 aromatic rings. The van der Waals surface area contributed by atoms with Gasteiger partial charge in [0.2, 0.25) is 10.2 Å². The summed E-state index contributed by atoms with van der Waals surface area (Å²) in [6.45, 7) is 1.75. The van der Waals surface area contributed by atoms with Crippen molar-refractivity contribution in [3.8, 4) is 0 Å². The van der Waals surface area contributed by atoms with Crippen molar-refractivity contribution < 1.29 is 8.42 Å². The average molecular weight is 324 g/mol. The first-order valence-electron chi connectivity index (χ1n) is 5.99. The van der Waals surface area contributed by atoms with E-state index in [-0.39, 0.29) is 16.0 Å². The maximum absolute atomic E-state index is 12.6. The third-order valence-electron chi connectivity index (χ3n) is 2.73. The van der Waals surface area contributed by atoms with Crippen molar-refractivity contribution in [2.75, 3.05) is 17.1 Å². The van der Waals surface area contributed by atoms with Crippen LogP contribution in [0.1, 0.15) is 5.01 Å². The van der Waals surface area contributed by atoms with E-state index in [1.165, 1.54) is 15.7 Å². The highest BCUT2D eigenvalue weighted by Crippen LogP contribution is 2.25. The van der Waals surface area contributed by atoms with E-state index in [9.17, 15) is 8.42 Å². The molecule has 21 heavy (non-hydrogen) atoms. The van der Waals surface area contributed by atoms with Gasteiger partial charge < -0.3 is 5.32 Å². The van der Waals surface area contributed by atoms with E-state index in [4.69, 9.17) is 0 Å². The summed E-state index contributed by atoms with van der Waals surface area (Å²) >= 11 is 1.17. The van der Waals surface area contributed by atoms with E-state index in [1.807, 2.05) is 0 Å². The minimum absolute atomic E-state index is 0.0356. The molecule has 3 aromatic heterocycles. The van der Waals surface area contributed by atoms with E-state index >= 15 is 0 Å². The normalized spacial score (nSPS) is 11.7. The molecule has 0 aliphatic rings. The molecule has 0 saturated heterocycles. The lowest BCUT2D eigenvalue weighted by atomic mass is 10.5. The fraction of sp³-hybridized carbons (Fsp3) is 0.182. The quantitative estimate of drug-likeness (QED) is 0.751. The molecule has 10 heteroatoms. The van der Waals surface area contributed by atoms with Crippen LogP contribution in [0, 0.1) is 6.92 Å². The van der Waals surface area contributed by atoms with Crippen molar-refractivity contribution >= 4 is 38.0 Å². The van der Waals surface area contributed by atoms with Gasteiger partial charge in [-0.25, -0.2) is 4.98 Å². The predicted molar refractivity (Wildman–Crippen MR) is 80.2 cm³/mol. The summed E-state index contributed by atoms with van der Waals surface area (Å²) in [5.41, 5.74) is 0.538. The van der Waals surface area contributed by atoms with Gasteiger partial charge in [-0.15, -0.1) is 10.2 Å². The Labute approximate surface area is 124 Å². The van der Waals surface area contributed by atoms with Gasteiger partial charge in [0.25, 0.3) is 10.0 Å². The second-order valence-electron chi connectivity index (χ2n) is 4.18. The Bertz CT molecular complexity index is 898. The van der Waals surface area contributed by atoms with Gasteiger partial charge in [-0.3, -0.25) is 9.12 Å². The third kappa shape index (κ3) is 2.43. The van der Waals surface area contributed by atoms with Crippen LogP contribution in [0.3, 0.4) is 0 Å². The van der Waals surface area contributed by atoms with Gasteiger partial charge in [-0.2, -0.15) is 8.42 Å². The van der Waals surface area contributed by atoms with Gasteiger partial charge >= 0.3 is 0 Å². The van der Waals surface area contributed by atoms with Gasteiger partial charge in [0.05, 0.1) is 0 Å². The molecule has 0 aromatic carbocycles. The molecule has 0 aliphatic heterocycles. The topological polar surface area (TPSA) is 101 Å². The zero-order valence-electron chi connectivity index (χ0n) is 11.2. The number of sulfonamides is 1. The monoisotopic (exact) mass is 324 g/mol. The van der Waals surface area contributed by atoms with Gasteiger partial charge in [-0.1, -0.05) is 17.4 Å².